The van der Waals surface area contributed by atoms with Crippen LogP contribution in [0.4, 0.5) is 17.1 Å². The molecule has 2 heteroatoms. The molecule has 0 saturated heterocycles. The van der Waals surface area contributed by atoms with E-state index in [1.165, 1.54) is 50.1 Å². The van der Waals surface area contributed by atoms with Crippen molar-refractivity contribution in [3.8, 4) is 66.9 Å². The lowest BCUT2D eigenvalue weighted by atomic mass is 9.93. The van der Waals surface area contributed by atoms with E-state index in [4.69, 9.17) is 4.98 Å². The van der Waals surface area contributed by atoms with E-state index in [-0.39, 0.29) is 0 Å². The quantitative estimate of drug-likeness (QED) is 0.149. The van der Waals surface area contributed by atoms with Gasteiger partial charge < -0.3 is 4.90 Å². The van der Waals surface area contributed by atoms with Crippen molar-refractivity contribution in [1.82, 2.24) is 4.98 Å². The smallest absolute Gasteiger partial charge is 0.0709 e. The van der Waals surface area contributed by atoms with Gasteiger partial charge in [0.1, 0.15) is 0 Å². The Morgan fingerprint density at radius 3 is 1.04 bits per heavy atom. The molecule has 0 radical (unpaired) electrons. The van der Waals surface area contributed by atoms with Crippen LogP contribution in [0, 0.1) is 0 Å². The van der Waals surface area contributed by atoms with Crippen LogP contribution in [0.3, 0.4) is 0 Å². The van der Waals surface area contributed by atoms with Crippen LogP contribution in [0.5, 0.6) is 0 Å². The number of hydrogen-bond donors (Lipinski definition) is 0. The van der Waals surface area contributed by atoms with E-state index >= 15 is 0 Å². The summed E-state index contributed by atoms with van der Waals surface area (Å²) < 4.78 is 0. The molecule has 8 aromatic carbocycles. The van der Waals surface area contributed by atoms with Gasteiger partial charge in [0.15, 0.2) is 0 Å². The van der Waals surface area contributed by atoms with Gasteiger partial charge in [0.05, 0.1) is 17.6 Å². The summed E-state index contributed by atoms with van der Waals surface area (Å²) in [5.41, 5.74) is 17.0. The topological polar surface area (TPSA) is 16.1 Å². The van der Waals surface area contributed by atoms with Crippen molar-refractivity contribution in [1.29, 1.82) is 0 Å². The fraction of sp³-hybridized carbons (Fsp3) is 0. The van der Waals surface area contributed by atoms with E-state index in [9.17, 15) is 0 Å². The first-order valence-electron chi connectivity index (χ1n) is 18.7. The van der Waals surface area contributed by atoms with Gasteiger partial charge in [0.25, 0.3) is 0 Å². The Labute approximate surface area is 323 Å². The zero-order chi connectivity index (χ0) is 36.8. The summed E-state index contributed by atoms with van der Waals surface area (Å²) in [6, 6.07) is 79.7. The summed E-state index contributed by atoms with van der Waals surface area (Å²) in [4.78, 5) is 7.36. The van der Waals surface area contributed by atoms with Crippen molar-refractivity contribution in [3.63, 3.8) is 0 Å². The molecule has 9 aromatic rings. The van der Waals surface area contributed by atoms with Crippen molar-refractivity contribution < 1.29 is 0 Å². The normalized spacial score (nSPS) is 10.9. The fourth-order valence-electron chi connectivity index (χ4n) is 7.33. The maximum Gasteiger partial charge on any atom is 0.0709 e. The molecule has 0 aliphatic carbocycles. The molecule has 0 amide bonds. The molecule has 1 heterocycles. The van der Waals surface area contributed by atoms with E-state index in [1.54, 1.807) is 0 Å². The third kappa shape index (κ3) is 7.22. The Morgan fingerprint density at radius 2 is 0.600 bits per heavy atom. The monoisotopic (exact) mass is 702 g/mol. The fourth-order valence-corrected chi connectivity index (χ4v) is 7.33. The summed E-state index contributed by atoms with van der Waals surface area (Å²) in [5, 5.41) is 0. The van der Waals surface area contributed by atoms with Crippen molar-refractivity contribution in [2.75, 3.05) is 4.90 Å². The van der Waals surface area contributed by atoms with E-state index < -0.39 is 0 Å². The highest BCUT2D eigenvalue weighted by Crippen LogP contribution is 2.39. The minimum Gasteiger partial charge on any atom is -0.309 e. The Bertz CT molecular complexity index is 2580. The number of nitrogens with zero attached hydrogens (tertiary/aromatic N) is 2. The first-order valence-corrected chi connectivity index (χ1v) is 18.7. The van der Waals surface area contributed by atoms with Crippen LogP contribution in [0.2, 0.25) is 0 Å². The molecule has 0 unspecified atom stereocenters. The first-order chi connectivity index (χ1) is 27.3. The summed E-state index contributed by atoms with van der Waals surface area (Å²) in [6.07, 6.45) is 1.99. The molecule has 1 aromatic heterocycles. The standard InChI is InChI=1S/C53H38N2/c1-5-15-39(16-6-1)42-25-29-48(30-26-42)55(50-33-34-53(54-38-50)52-24-14-13-23-51(52)44-21-11-4-12-22-44)49-31-27-43(28-32-49)47-36-45(40-17-7-2-8-18-40)35-46(37-47)41-19-9-3-10-20-41/h1-38H. The molecule has 0 spiro atoms. The molecular formula is C53H38N2. The van der Waals surface area contributed by atoms with Crippen LogP contribution in [0.1, 0.15) is 0 Å². The van der Waals surface area contributed by atoms with Crippen LogP contribution >= 0.6 is 0 Å². The van der Waals surface area contributed by atoms with Gasteiger partial charge in [0.2, 0.25) is 0 Å². The highest BCUT2D eigenvalue weighted by Gasteiger charge is 2.16. The second-order valence-corrected chi connectivity index (χ2v) is 13.6. The molecule has 9 rings (SSSR count). The maximum absolute atomic E-state index is 5.07. The highest BCUT2D eigenvalue weighted by molar-refractivity contribution is 5.85. The zero-order valence-electron chi connectivity index (χ0n) is 30.3. The molecule has 55 heavy (non-hydrogen) atoms. The summed E-state index contributed by atoms with van der Waals surface area (Å²) in [6.45, 7) is 0. The third-order valence-corrected chi connectivity index (χ3v) is 10.1. The van der Waals surface area contributed by atoms with Crippen LogP contribution < -0.4 is 4.90 Å². The van der Waals surface area contributed by atoms with Crippen LogP contribution in [-0.4, -0.2) is 4.98 Å². The number of anilines is 3. The summed E-state index contributed by atoms with van der Waals surface area (Å²) in [5.74, 6) is 0. The van der Waals surface area contributed by atoms with Crippen LogP contribution in [0.25, 0.3) is 66.9 Å². The molecule has 2 nitrogen and oxygen atoms in total. The Hall–Kier alpha value is -7.29. The number of benzene rings is 8. The SMILES string of the molecule is c1ccc(-c2ccc(N(c3ccc(-c4cc(-c5ccccc5)cc(-c5ccccc5)c4)cc3)c3ccc(-c4ccccc4-c4ccccc4)nc3)cc2)cc1. The molecule has 0 aliphatic rings. The van der Waals surface area contributed by atoms with Crippen molar-refractivity contribution in [3.05, 3.63) is 231 Å². The van der Waals surface area contributed by atoms with Gasteiger partial charge in [-0.25, -0.2) is 0 Å². The van der Waals surface area contributed by atoms with E-state index in [0.717, 1.165) is 33.9 Å². The lowest BCUT2D eigenvalue weighted by molar-refractivity contribution is 1.23. The van der Waals surface area contributed by atoms with Gasteiger partial charge in [-0.05, 0) is 110 Å². The average molecular weight is 703 g/mol. The van der Waals surface area contributed by atoms with Crippen molar-refractivity contribution >= 4 is 17.1 Å². The van der Waals surface area contributed by atoms with Crippen LogP contribution in [0.15, 0.2) is 231 Å². The number of pyridine rings is 1. The van der Waals surface area contributed by atoms with Gasteiger partial charge in [-0.3, -0.25) is 4.98 Å². The predicted molar refractivity (Wildman–Crippen MR) is 232 cm³/mol. The van der Waals surface area contributed by atoms with Gasteiger partial charge in [-0.15, -0.1) is 0 Å². The highest BCUT2D eigenvalue weighted by atomic mass is 15.1. The number of rotatable bonds is 9. The maximum atomic E-state index is 5.07. The lowest BCUT2D eigenvalue weighted by Crippen LogP contribution is -2.10. The largest absolute Gasteiger partial charge is 0.309 e. The Kier molecular flexibility index (Phi) is 9.37. The van der Waals surface area contributed by atoms with E-state index in [2.05, 4.69) is 229 Å². The minimum atomic E-state index is 0.936. The molecule has 0 saturated carbocycles. The molecule has 0 atom stereocenters. The predicted octanol–water partition coefficient (Wildman–Crippen LogP) is 14.6. The lowest BCUT2D eigenvalue weighted by Gasteiger charge is -2.26. The van der Waals surface area contributed by atoms with Gasteiger partial charge in [-0.1, -0.05) is 170 Å². The van der Waals surface area contributed by atoms with Gasteiger partial charge in [-0.2, -0.15) is 0 Å². The first kappa shape index (κ1) is 33.5. The van der Waals surface area contributed by atoms with Crippen molar-refractivity contribution in [2.24, 2.45) is 0 Å². The van der Waals surface area contributed by atoms with Gasteiger partial charge >= 0.3 is 0 Å². The zero-order valence-corrected chi connectivity index (χ0v) is 30.3. The second-order valence-electron chi connectivity index (χ2n) is 13.6. The number of aromatic nitrogens is 1. The summed E-state index contributed by atoms with van der Waals surface area (Å²) >= 11 is 0. The molecule has 0 aliphatic heterocycles. The number of hydrogen-bond acceptors (Lipinski definition) is 2. The van der Waals surface area contributed by atoms with Gasteiger partial charge in [0, 0.05) is 16.9 Å². The van der Waals surface area contributed by atoms with E-state index in [0.29, 0.717) is 0 Å². The molecule has 0 bridgehead atoms. The minimum absolute atomic E-state index is 0.936. The average Bonchev–Trinajstić information content (AvgIpc) is 3.28. The Balaban J connectivity index is 1.11. The molecule has 260 valence electrons. The van der Waals surface area contributed by atoms with E-state index in [1.807, 2.05) is 6.20 Å². The van der Waals surface area contributed by atoms with Crippen LogP contribution in [-0.2, 0) is 0 Å². The molecular weight excluding hydrogens is 665 g/mol. The summed E-state index contributed by atoms with van der Waals surface area (Å²) in [7, 11) is 0. The third-order valence-electron chi connectivity index (χ3n) is 10.1. The van der Waals surface area contributed by atoms with Crippen molar-refractivity contribution in [2.45, 2.75) is 0 Å². The molecule has 0 N–H and O–H groups in total. The Morgan fingerprint density at radius 1 is 0.255 bits per heavy atom. The molecule has 0 fully saturated rings. The second kappa shape index (κ2) is 15.4.